The van der Waals surface area contributed by atoms with Crippen molar-refractivity contribution >= 4 is 0 Å². The average molecular weight is 237 g/mol. The van der Waals surface area contributed by atoms with Gasteiger partial charge in [0.15, 0.2) is 0 Å². The van der Waals surface area contributed by atoms with Gasteiger partial charge in [-0.25, -0.2) is 0 Å². The van der Waals surface area contributed by atoms with Gasteiger partial charge in [0.2, 0.25) is 0 Å². The summed E-state index contributed by atoms with van der Waals surface area (Å²) in [4.78, 5) is 6.45. The maximum absolute atomic E-state index is 9.09. The molecule has 4 heteroatoms. The Labute approximate surface area is 104 Å². The highest BCUT2D eigenvalue weighted by atomic mass is 16.3. The maximum atomic E-state index is 9.09. The topological polar surface area (TPSA) is 48.4 Å². The van der Waals surface area contributed by atoms with E-state index in [1.165, 1.54) is 6.20 Å². The smallest absolute Gasteiger partial charge is 0.133 e. The van der Waals surface area contributed by atoms with E-state index >= 15 is 0 Å². The van der Waals surface area contributed by atoms with E-state index in [1.54, 1.807) is 6.07 Å². The van der Waals surface area contributed by atoms with E-state index in [0.29, 0.717) is 6.04 Å². The molecule has 4 nitrogen and oxygen atoms in total. The van der Waals surface area contributed by atoms with Crippen LogP contribution in [-0.2, 0) is 6.54 Å². The van der Waals surface area contributed by atoms with Gasteiger partial charge in [0.25, 0.3) is 0 Å². The summed E-state index contributed by atoms with van der Waals surface area (Å²) in [5.41, 5.74) is 0.958. The molecular formula is C13H23N3O. The first-order chi connectivity index (χ1) is 8.09. The average Bonchev–Trinajstić information content (AvgIpc) is 2.30. The van der Waals surface area contributed by atoms with Crippen LogP contribution in [0.1, 0.15) is 26.0 Å². The van der Waals surface area contributed by atoms with E-state index in [0.717, 1.165) is 31.7 Å². The van der Waals surface area contributed by atoms with Crippen molar-refractivity contribution in [2.75, 3.05) is 20.1 Å². The molecule has 0 saturated heterocycles. The fourth-order valence-corrected chi connectivity index (χ4v) is 1.45. The molecule has 17 heavy (non-hydrogen) atoms. The fourth-order valence-electron chi connectivity index (χ4n) is 1.45. The summed E-state index contributed by atoms with van der Waals surface area (Å²) in [7, 11) is 2.15. The van der Waals surface area contributed by atoms with Crippen molar-refractivity contribution in [3.05, 3.63) is 24.0 Å². The van der Waals surface area contributed by atoms with E-state index in [2.05, 4.69) is 36.1 Å². The van der Waals surface area contributed by atoms with E-state index in [9.17, 15) is 0 Å². The van der Waals surface area contributed by atoms with Gasteiger partial charge in [0.05, 0.1) is 11.9 Å². The summed E-state index contributed by atoms with van der Waals surface area (Å²) < 4.78 is 0. The van der Waals surface area contributed by atoms with Gasteiger partial charge in [0, 0.05) is 12.6 Å². The van der Waals surface area contributed by atoms with E-state index in [4.69, 9.17) is 5.11 Å². The second-order valence-electron chi connectivity index (χ2n) is 4.61. The third-order valence-corrected chi connectivity index (χ3v) is 2.86. The molecule has 1 heterocycles. The number of hydrogen-bond acceptors (Lipinski definition) is 4. The molecule has 1 aromatic heterocycles. The Morgan fingerprint density at radius 1 is 1.41 bits per heavy atom. The van der Waals surface area contributed by atoms with Crippen molar-refractivity contribution < 1.29 is 5.11 Å². The second-order valence-corrected chi connectivity index (χ2v) is 4.61. The lowest BCUT2D eigenvalue weighted by Crippen LogP contribution is -2.29. The molecule has 0 amide bonds. The summed E-state index contributed by atoms with van der Waals surface area (Å²) in [6.45, 7) is 7.25. The summed E-state index contributed by atoms with van der Waals surface area (Å²) in [5, 5.41) is 12.4. The molecule has 0 aromatic carbocycles. The Kier molecular flexibility index (Phi) is 5.94. The van der Waals surface area contributed by atoms with Crippen LogP contribution in [0.5, 0.6) is 5.75 Å². The van der Waals surface area contributed by atoms with Crippen molar-refractivity contribution in [3.8, 4) is 5.75 Å². The van der Waals surface area contributed by atoms with Gasteiger partial charge in [0.1, 0.15) is 5.75 Å². The lowest BCUT2D eigenvalue weighted by Gasteiger charge is -2.20. The van der Waals surface area contributed by atoms with Gasteiger partial charge < -0.3 is 15.3 Å². The van der Waals surface area contributed by atoms with Gasteiger partial charge >= 0.3 is 0 Å². The molecule has 0 aliphatic rings. The lowest BCUT2D eigenvalue weighted by molar-refractivity contribution is 0.269. The van der Waals surface area contributed by atoms with E-state index in [1.807, 2.05) is 6.07 Å². The van der Waals surface area contributed by atoms with Crippen molar-refractivity contribution in [1.82, 2.24) is 15.2 Å². The van der Waals surface area contributed by atoms with E-state index in [-0.39, 0.29) is 5.75 Å². The molecule has 0 fully saturated rings. The standard InChI is InChI=1S/C13H23N3O/c1-11(2)16(3)8-4-7-14-9-12-5-6-13(17)10-15-12/h5-6,10-11,14,17H,4,7-9H2,1-3H3. The quantitative estimate of drug-likeness (QED) is 0.707. The highest BCUT2D eigenvalue weighted by Crippen LogP contribution is 2.05. The van der Waals surface area contributed by atoms with Crippen molar-refractivity contribution in [3.63, 3.8) is 0 Å². The highest BCUT2D eigenvalue weighted by Gasteiger charge is 2.01. The summed E-state index contributed by atoms with van der Waals surface area (Å²) >= 11 is 0. The Morgan fingerprint density at radius 3 is 2.76 bits per heavy atom. The molecule has 0 spiro atoms. The molecule has 0 atom stereocenters. The molecule has 1 rings (SSSR count). The Bertz CT molecular complexity index is 311. The Balaban J connectivity index is 2.10. The Hall–Kier alpha value is -1.13. The van der Waals surface area contributed by atoms with Crippen molar-refractivity contribution in [2.45, 2.75) is 32.9 Å². The first kappa shape index (κ1) is 13.9. The van der Waals surface area contributed by atoms with Crippen LogP contribution < -0.4 is 5.32 Å². The number of pyridine rings is 1. The highest BCUT2D eigenvalue weighted by molar-refractivity contribution is 5.17. The molecule has 2 N–H and O–H groups in total. The van der Waals surface area contributed by atoms with Crippen LogP contribution in [0.3, 0.4) is 0 Å². The number of aromatic hydroxyl groups is 1. The minimum atomic E-state index is 0.215. The zero-order chi connectivity index (χ0) is 12.7. The Morgan fingerprint density at radius 2 is 2.18 bits per heavy atom. The predicted molar refractivity (Wildman–Crippen MR) is 70.0 cm³/mol. The summed E-state index contributed by atoms with van der Waals surface area (Å²) in [5.74, 6) is 0.215. The molecule has 0 bridgehead atoms. The van der Waals surface area contributed by atoms with Gasteiger partial charge in [-0.2, -0.15) is 0 Å². The largest absolute Gasteiger partial charge is 0.506 e. The molecule has 0 unspecified atom stereocenters. The molecule has 0 saturated carbocycles. The second kappa shape index (κ2) is 7.25. The minimum absolute atomic E-state index is 0.215. The zero-order valence-electron chi connectivity index (χ0n) is 11.0. The van der Waals surface area contributed by atoms with Crippen LogP contribution in [-0.4, -0.2) is 41.2 Å². The number of nitrogens with one attached hydrogen (secondary N) is 1. The molecule has 96 valence electrons. The molecule has 1 aromatic rings. The fraction of sp³-hybridized carbons (Fsp3) is 0.615. The van der Waals surface area contributed by atoms with Crippen LogP contribution >= 0.6 is 0 Å². The molecular weight excluding hydrogens is 214 g/mol. The number of aromatic nitrogens is 1. The van der Waals surface area contributed by atoms with Gasteiger partial charge in [-0.1, -0.05) is 0 Å². The van der Waals surface area contributed by atoms with Crippen LogP contribution in [0.4, 0.5) is 0 Å². The van der Waals surface area contributed by atoms with E-state index < -0.39 is 0 Å². The normalized spacial score (nSPS) is 11.4. The first-order valence-corrected chi connectivity index (χ1v) is 6.14. The number of hydrogen-bond donors (Lipinski definition) is 2. The maximum Gasteiger partial charge on any atom is 0.133 e. The third-order valence-electron chi connectivity index (χ3n) is 2.86. The SMILES string of the molecule is CC(C)N(C)CCCNCc1ccc(O)cn1. The summed E-state index contributed by atoms with van der Waals surface area (Å²) in [6, 6.07) is 4.10. The van der Waals surface area contributed by atoms with Gasteiger partial charge in [-0.3, -0.25) is 4.98 Å². The van der Waals surface area contributed by atoms with Crippen LogP contribution in [0.15, 0.2) is 18.3 Å². The van der Waals surface area contributed by atoms with Crippen molar-refractivity contribution in [2.24, 2.45) is 0 Å². The zero-order valence-corrected chi connectivity index (χ0v) is 11.0. The molecule has 0 aliphatic heterocycles. The first-order valence-electron chi connectivity index (χ1n) is 6.14. The monoisotopic (exact) mass is 237 g/mol. The lowest BCUT2D eigenvalue weighted by atomic mass is 10.3. The number of nitrogens with zero attached hydrogens (tertiary/aromatic N) is 2. The van der Waals surface area contributed by atoms with Crippen LogP contribution in [0.2, 0.25) is 0 Å². The summed E-state index contributed by atoms with van der Waals surface area (Å²) in [6.07, 6.45) is 2.61. The molecule has 0 aliphatic carbocycles. The minimum Gasteiger partial charge on any atom is -0.506 e. The van der Waals surface area contributed by atoms with Gasteiger partial charge in [-0.05, 0) is 52.5 Å². The van der Waals surface area contributed by atoms with Crippen molar-refractivity contribution in [1.29, 1.82) is 0 Å². The van der Waals surface area contributed by atoms with Gasteiger partial charge in [-0.15, -0.1) is 0 Å². The predicted octanol–water partition coefficient (Wildman–Crippen LogP) is 1.61. The van der Waals surface area contributed by atoms with Crippen LogP contribution in [0.25, 0.3) is 0 Å². The molecule has 0 radical (unpaired) electrons. The third kappa shape index (κ3) is 5.65. The van der Waals surface area contributed by atoms with Crippen LogP contribution in [0, 0.1) is 0 Å². The number of rotatable bonds is 7.